The monoisotopic (exact) mass is 329 g/mol. The molecule has 0 fully saturated rings. The standard InChI is InChI=1S/C15H14F3NO2S/c1-2-19(10-11-4-3-5-12(16)6-11)22(20,21)15-8-13(17)7-14(18)9-15/h3-9H,2,10H2,1H3. The lowest BCUT2D eigenvalue weighted by molar-refractivity contribution is 0.421. The van der Waals surface area contributed by atoms with Crippen LogP contribution >= 0.6 is 0 Å². The molecule has 2 rings (SSSR count). The van der Waals surface area contributed by atoms with E-state index in [1.54, 1.807) is 13.0 Å². The minimum absolute atomic E-state index is 0.0803. The second-order valence-corrected chi connectivity index (χ2v) is 6.60. The van der Waals surface area contributed by atoms with E-state index >= 15 is 0 Å². The number of rotatable bonds is 5. The van der Waals surface area contributed by atoms with Crippen LogP contribution in [0.2, 0.25) is 0 Å². The quantitative estimate of drug-likeness (QED) is 0.844. The number of halogens is 3. The van der Waals surface area contributed by atoms with Crippen molar-refractivity contribution < 1.29 is 21.6 Å². The Hall–Kier alpha value is -1.86. The Morgan fingerprint density at radius 2 is 1.59 bits per heavy atom. The molecule has 0 aliphatic heterocycles. The van der Waals surface area contributed by atoms with Gasteiger partial charge in [0.1, 0.15) is 17.5 Å². The summed E-state index contributed by atoms with van der Waals surface area (Å²) in [7, 11) is -4.08. The first-order valence-corrected chi connectivity index (χ1v) is 7.97. The normalized spacial score (nSPS) is 11.9. The summed E-state index contributed by atoms with van der Waals surface area (Å²) in [5.74, 6) is -2.43. The molecule has 2 aromatic carbocycles. The molecular formula is C15H14F3NO2S. The van der Waals surface area contributed by atoms with Gasteiger partial charge in [0.2, 0.25) is 10.0 Å². The molecule has 0 aliphatic rings. The zero-order valence-corrected chi connectivity index (χ0v) is 12.6. The Morgan fingerprint density at radius 3 is 2.14 bits per heavy atom. The summed E-state index contributed by atoms with van der Waals surface area (Å²) in [5, 5.41) is 0. The first kappa shape index (κ1) is 16.5. The second kappa shape index (κ2) is 6.50. The van der Waals surface area contributed by atoms with Gasteiger partial charge in [-0.25, -0.2) is 21.6 Å². The average Bonchev–Trinajstić information content (AvgIpc) is 2.43. The topological polar surface area (TPSA) is 37.4 Å². The highest BCUT2D eigenvalue weighted by Crippen LogP contribution is 2.20. The van der Waals surface area contributed by atoms with E-state index in [0.717, 1.165) is 16.4 Å². The van der Waals surface area contributed by atoms with E-state index in [1.165, 1.54) is 18.2 Å². The first-order valence-electron chi connectivity index (χ1n) is 6.53. The zero-order chi connectivity index (χ0) is 16.3. The van der Waals surface area contributed by atoms with Crippen molar-refractivity contribution in [2.45, 2.75) is 18.4 Å². The maximum Gasteiger partial charge on any atom is 0.243 e. The van der Waals surface area contributed by atoms with Crippen molar-refractivity contribution in [1.29, 1.82) is 0 Å². The number of hydrogen-bond acceptors (Lipinski definition) is 2. The number of hydrogen-bond donors (Lipinski definition) is 0. The number of benzene rings is 2. The molecule has 0 bridgehead atoms. The molecular weight excluding hydrogens is 315 g/mol. The number of sulfonamides is 1. The molecule has 0 atom stereocenters. The molecule has 22 heavy (non-hydrogen) atoms. The van der Waals surface area contributed by atoms with Crippen molar-refractivity contribution in [3.63, 3.8) is 0 Å². The van der Waals surface area contributed by atoms with Crippen molar-refractivity contribution in [3.8, 4) is 0 Å². The third-order valence-corrected chi connectivity index (χ3v) is 4.97. The molecule has 0 radical (unpaired) electrons. The van der Waals surface area contributed by atoms with E-state index in [1.807, 2.05) is 0 Å². The van der Waals surface area contributed by atoms with Crippen LogP contribution in [0.25, 0.3) is 0 Å². The Bertz CT molecular complexity index is 758. The zero-order valence-electron chi connectivity index (χ0n) is 11.8. The van der Waals surface area contributed by atoms with Crippen LogP contribution in [-0.4, -0.2) is 19.3 Å². The van der Waals surface area contributed by atoms with Gasteiger partial charge in [0.05, 0.1) is 4.90 Å². The van der Waals surface area contributed by atoms with Crippen molar-refractivity contribution >= 4 is 10.0 Å². The van der Waals surface area contributed by atoms with E-state index in [4.69, 9.17) is 0 Å². The summed E-state index contributed by atoms with van der Waals surface area (Å²) in [4.78, 5) is -0.469. The summed E-state index contributed by atoms with van der Waals surface area (Å²) >= 11 is 0. The van der Waals surface area contributed by atoms with Crippen LogP contribution in [0.4, 0.5) is 13.2 Å². The summed E-state index contributed by atoms with van der Waals surface area (Å²) < 4.78 is 65.6. The molecule has 118 valence electrons. The molecule has 0 amide bonds. The van der Waals surface area contributed by atoms with Gasteiger partial charge in [0, 0.05) is 19.2 Å². The van der Waals surface area contributed by atoms with Gasteiger partial charge >= 0.3 is 0 Å². The van der Waals surface area contributed by atoms with E-state index in [2.05, 4.69) is 0 Å². The third-order valence-electron chi connectivity index (χ3n) is 3.07. The lowest BCUT2D eigenvalue weighted by Crippen LogP contribution is -2.30. The van der Waals surface area contributed by atoms with Gasteiger partial charge in [-0.1, -0.05) is 19.1 Å². The van der Waals surface area contributed by atoms with Crippen LogP contribution in [0.15, 0.2) is 47.4 Å². The molecule has 3 nitrogen and oxygen atoms in total. The molecule has 0 unspecified atom stereocenters. The fourth-order valence-corrected chi connectivity index (χ4v) is 3.51. The van der Waals surface area contributed by atoms with E-state index in [9.17, 15) is 21.6 Å². The maximum absolute atomic E-state index is 13.2. The van der Waals surface area contributed by atoms with Gasteiger partial charge in [-0.2, -0.15) is 4.31 Å². The molecule has 0 spiro atoms. The van der Waals surface area contributed by atoms with Crippen LogP contribution in [0.3, 0.4) is 0 Å². The predicted molar refractivity (Wildman–Crippen MR) is 76.0 cm³/mol. The fourth-order valence-electron chi connectivity index (χ4n) is 2.03. The third kappa shape index (κ3) is 3.66. The summed E-state index contributed by atoms with van der Waals surface area (Å²) in [6.07, 6.45) is 0. The second-order valence-electron chi connectivity index (χ2n) is 4.67. The molecule has 0 aliphatic carbocycles. The summed E-state index contributed by atoms with van der Waals surface area (Å²) in [6.45, 7) is 1.58. The SMILES string of the molecule is CCN(Cc1cccc(F)c1)S(=O)(=O)c1cc(F)cc(F)c1. The van der Waals surface area contributed by atoms with Gasteiger partial charge in [-0.15, -0.1) is 0 Å². The van der Waals surface area contributed by atoms with Crippen LogP contribution in [0, 0.1) is 17.5 Å². The van der Waals surface area contributed by atoms with Gasteiger partial charge in [-0.3, -0.25) is 0 Å². The average molecular weight is 329 g/mol. The van der Waals surface area contributed by atoms with Crippen LogP contribution in [0.5, 0.6) is 0 Å². The molecule has 0 heterocycles. The smallest absolute Gasteiger partial charge is 0.207 e. The van der Waals surface area contributed by atoms with E-state index < -0.39 is 32.4 Å². The van der Waals surface area contributed by atoms with Gasteiger partial charge in [-0.05, 0) is 29.8 Å². The Morgan fingerprint density at radius 1 is 0.955 bits per heavy atom. The first-order chi connectivity index (χ1) is 10.3. The maximum atomic E-state index is 13.2. The van der Waals surface area contributed by atoms with Crippen LogP contribution in [-0.2, 0) is 16.6 Å². The summed E-state index contributed by atoms with van der Waals surface area (Å²) in [6, 6.07) is 7.61. The number of nitrogens with zero attached hydrogens (tertiary/aromatic N) is 1. The molecule has 0 saturated carbocycles. The highest BCUT2D eigenvalue weighted by Gasteiger charge is 2.24. The van der Waals surface area contributed by atoms with Crippen LogP contribution < -0.4 is 0 Å². The molecule has 0 saturated heterocycles. The lowest BCUT2D eigenvalue weighted by Gasteiger charge is -2.20. The largest absolute Gasteiger partial charge is 0.243 e. The Balaban J connectivity index is 2.36. The Labute approximate surface area is 127 Å². The minimum atomic E-state index is -4.08. The fraction of sp³-hybridized carbons (Fsp3) is 0.200. The van der Waals surface area contributed by atoms with Gasteiger partial charge < -0.3 is 0 Å². The van der Waals surface area contributed by atoms with Crippen molar-refractivity contribution in [3.05, 3.63) is 65.5 Å². The predicted octanol–water partition coefficient (Wildman–Crippen LogP) is 3.31. The minimum Gasteiger partial charge on any atom is -0.207 e. The van der Waals surface area contributed by atoms with Crippen molar-refractivity contribution in [1.82, 2.24) is 4.31 Å². The molecule has 0 N–H and O–H groups in total. The van der Waals surface area contributed by atoms with Gasteiger partial charge in [0.15, 0.2) is 0 Å². The van der Waals surface area contributed by atoms with Crippen LogP contribution in [0.1, 0.15) is 12.5 Å². The molecule has 7 heteroatoms. The highest BCUT2D eigenvalue weighted by molar-refractivity contribution is 7.89. The van der Waals surface area contributed by atoms with Crippen molar-refractivity contribution in [2.75, 3.05) is 6.54 Å². The van der Waals surface area contributed by atoms with E-state index in [-0.39, 0.29) is 13.1 Å². The summed E-state index contributed by atoms with van der Waals surface area (Å²) in [5.41, 5.74) is 0.447. The molecule has 2 aromatic rings. The van der Waals surface area contributed by atoms with Crippen molar-refractivity contribution in [2.24, 2.45) is 0 Å². The lowest BCUT2D eigenvalue weighted by atomic mass is 10.2. The molecule has 0 aromatic heterocycles. The van der Waals surface area contributed by atoms with Gasteiger partial charge in [0.25, 0.3) is 0 Å². The Kier molecular flexibility index (Phi) is 4.87. The highest BCUT2D eigenvalue weighted by atomic mass is 32.2. The van der Waals surface area contributed by atoms with E-state index in [0.29, 0.717) is 11.6 Å².